The second-order valence-electron chi connectivity index (χ2n) is 2.79. The van der Waals surface area contributed by atoms with Gasteiger partial charge in [0.25, 0.3) is 5.91 Å². The molecule has 70 valence electrons. The van der Waals surface area contributed by atoms with Crippen molar-refractivity contribution in [2.24, 2.45) is 4.99 Å². The molecule has 0 fully saturated rings. The third-order valence-electron chi connectivity index (χ3n) is 1.92. The van der Waals surface area contributed by atoms with Gasteiger partial charge in [-0.15, -0.1) is 0 Å². The maximum absolute atomic E-state index is 11.2. The molecule has 0 saturated heterocycles. The molecule has 0 atom stereocenters. The van der Waals surface area contributed by atoms with Gasteiger partial charge in [-0.3, -0.25) is 9.79 Å². The van der Waals surface area contributed by atoms with Gasteiger partial charge in [0.1, 0.15) is 5.70 Å². The topological polar surface area (TPSA) is 41.5 Å². The number of aliphatic imine (C=N–C) groups is 1. The molecule has 3 heteroatoms. The highest BCUT2D eigenvalue weighted by Gasteiger charge is 2.19. The number of carbonyl (C=O) groups is 1. The van der Waals surface area contributed by atoms with E-state index in [0.717, 1.165) is 12.0 Å². The number of amides is 1. The number of allylic oxidation sites excluding steroid dienone is 2. The molecule has 0 radical (unpaired) electrons. The van der Waals surface area contributed by atoms with Crippen LogP contribution in [0.5, 0.6) is 0 Å². The Morgan fingerprint density at radius 2 is 2.38 bits per heavy atom. The molecule has 0 saturated carbocycles. The Morgan fingerprint density at radius 1 is 1.62 bits per heavy atom. The van der Waals surface area contributed by atoms with E-state index in [0.29, 0.717) is 12.2 Å². The van der Waals surface area contributed by atoms with Crippen LogP contribution in [0.15, 0.2) is 28.4 Å². The predicted molar refractivity (Wildman–Crippen MR) is 53.6 cm³/mol. The lowest BCUT2D eigenvalue weighted by Crippen LogP contribution is -2.16. The highest BCUT2D eigenvalue weighted by molar-refractivity contribution is 5.98. The molecule has 3 nitrogen and oxygen atoms in total. The van der Waals surface area contributed by atoms with E-state index >= 15 is 0 Å². The van der Waals surface area contributed by atoms with Crippen molar-refractivity contribution in [3.8, 4) is 0 Å². The minimum absolute atomic E-state index is 0.0578. The van der Waals surface area contributed by atoms with Gasteiger partial charge in [-0.1, -0.05) is 13.0 Å². The second kappa shape index (κ2) is 4.60. The fraction of sp³-hybridized carbons (Fsp3) is 0.400. The van der Waals surface area contributed by atoms with Crippen molar-refractivity contribution in [1.29, 1.82) is 0 Å². The molecule has 0 aromatic heterocycles. The number of hydrogen-bond acceptors (Lipinski definition) is 2. The van der Waals surface area contributed by atoms with E-state index < -0.39 is 0 Å². The maximum atomic E-state index is 11.2. The molecule has 0 aliphatic carbocycles. The van der Waals surface area contributed by atoms with Gasteiger partial charge in [0.05, 0.1) is 0 Å². The average Bonchev–Trinajstić information content (AvgIpc) is 2.48. The molecule has 0 unspecified atom stereocenters. The molecule has 1 aliphatic rings. The first-order valence-corrected chi connectivity index (χ1v) is 4.45. The molecule has 0 aromatic carbocycles. The zero-order valence-electron chi connectivity index (χ0n) is 8.00. The number of nitrogens with one attached hydrogen (secondary N) is 1. The molecule has 1 aliphatic heterocycles. The molecule has 1 heterocycles. The van der Waals surface area contributed by atoms with E-state index in [-0.39, 0.29) is 5.91 Å². The number of hydrogen-bond donors (Lipinski definition) is 1. The Labute approximate surface area is 78.2 Å². The molecule has 0 spiro atoms. The van der Waals surface area contributed by atoms with Gasteiger partial charge in [-0.05, 0) is 25.0 Å². The Morgan fingerprint density at radius 3 is 3.00 bits per heavy atom. The molecule has 1 N–H and O–H groups in total. The lowest BCUT2D eigenvalue weighted by Gasteiger charge is -1.93. The summed E-state index contributed by atoms with van der Waals surface area (Å²) in [5.41, 5.74) is 1.67. The summed E-state index contributed by atoms with van der Waals surface area (Å²) >= 11 is 0. The second-order valence-corrected chi connectivity index (χ2v) is 2.79. The third kappa shape index (κ3) is 2.28. The first-order valence-electron chi connectivity index (χ1n) is 4.45. The summed E-state index contributed by atoms with van der Waals surface area (Å²) in [7, 11) is 0. The number of carbonyl (C=O) groups excluding carboxylic acids is 1. The van der Waals surface area contributed by atoms with Crippen LogP contribution in [0.1, 0.15) is 20.3 Å². The Bertz CT molecular complexity index is 287. The van der Waals surface area contributed by atoms with Crippen LogP contribution in [0.4, 0.5) is 0 Å². The predicted octanol–water partition coefficient (Wildman–Crippen LogP) is 1.43. The first-order chi connectivity index (χ1) is 6.29. The highest BCUT2D eigenvalue weighted by atomic mass is 16.2. The number of rotatable bonds is 3. The monoisotopic (exact) mass is 178 g/mol. The van der Waals surface area contributed by atoms with Crippen molar-refractivity contribution in [2.75, 3.05) is 6.54 Å². The van der Waals surface area contributed by atoms with Crippen LogP contribution >= 0.6 is 0 Å². The molecule has 1 amide bonds. The van der Waals surface area contributed by atoms with Crippen molar-refractivity contribution >= 4 is 12.1 Å². The zero-order chi connectivity index (χ0) is 9.68. The van der Waals surface area contributed by atoms with Crippen LogP contribution in [0.25, 0.3) is 0 Å². The van der Waals surface area contributed by atoms with E-state index in [4.69, 9.17) is 0 Å². The van der Waals surface area contributed by atoms with E-state index in [9.17, 15) is 4.79 Å². The lowest BCUT2D eigenvalue weighted by atomic mass is 10.2. The molecule has 0 aromatic rings. The van der Waals surface area contributed by atoms with Gasteiger partial charge < -0.3 is 5.32 Å². The van der Waals surface area contributed by atoms with Crippen LogP contribution in [-0.4, -0.2) is 18.7 Å². The third-order valence-corrected chi connectivity index (χ3v) is 1.92. The molecular formula is C10H14N2O. The van der Waals surface area contributed by atoms with Gasteiger partial charge in [0.15, 0.2) is 0 Å². The van der Waals surface area contributed by atoms with Crippen LogP contribution < -0.4 is 5.32 Å². The summed E-state index contributed by atoms with van der Waals surface area (Å²) in [5, 5.41) is 2.75. The zero-order valence-corrected chi connectivity index (χ0v) is 8.00. The summed E-state index contributed by atoms with van der Waals surface area (Å²) in [5.74, 6) is -0.0578. The van der Waals surface area contributed by atoms with E-state index in [2.05, 4.69) is 10.3 Å². The van der Waals surface area contributed by atoms with Crippen molar-refractivity contribution in [3.63, 3.8) is 0 Å². The Kier molecular flexibility index (Phi) is 3.43. The van der Waals surface area contributed by atoms with Crippen LogP contribution in [0, 0.1) is 0 Å². The van der Waals surface area contributed by atoms with Crippen molar-refractivity contribution < 1.29 is 4.79 Å². The molecular weight excluding hydrogens is 164 g/mol. The first kappa shape index (κ1) is 9.71. The summed E-state index contributed by atoms with van der Waals surface area (Å²) in [6.45, 7) is 4.59. The Hall–Kier alpha value is -1.38. The van der Waals surface area contributed by atoms with Gasteiger partial charge in [0, 0.05) is 12.8 Å². The summed E-state index contributed by atoms with van der Waals surface area (Å²) in [6, 6.07) is 0. The van der Waals surface area contributed by atoms with Crippen LogP contribution in [0.2, 0.25) is 0 Å². The minimum Gasteiger partial charge on any atom is -0.347 e. The van der Waals surface area contributed by atoms with E-state index in [1.54, 1.807) is 6.21 Å². The molecule has 0 bridgehead atoms. The molecule has 13 heavy (non-hydrogen) atoms. The quantitative estimate of drug-likeness (QED) is 0.652. The SMILES string of the molecule is C/C=C\C=NC1=C(CC)CNC1=O. The van der Waals surface area contributed by atoms with Gasteiger partial charge in [-0.2, -0.15) is 0 Å². The highest BCUT2D eigenvalue weighted by Crippen LogP contribution is 2.14. The van der Waals surface area contributed by atoms with Crippen molar-refractivity contribution in [2.45, 2.75) is 20.3 Å². The largest absolute Gasteiger partial charge is 0.347 e. The van der Waals surface area contributed by atoms with Gasteiger partial charge in [0.2, 0.25) is 0 Å². The van der Waals surface area contributed by atoms with E-state index in [1.165, 1.54) is 0 Å². The maximum Gasteiger partial charge on any atom is 0.270 e. The molecule has 1 rings (SSSR count). The van der Waals surface area contributed by atoms with Gasteiger partial charge >= 0.3 is 0 Å². The minimum atomic E-state index is -0.0578. The van der Waals surface area contributed by atoms with Crippen molar-refractivity contribution in [1.82, 2.24) is 5.32 Å². The van der Waals surface area contributed by atoms with Crippen LogP contribution in [-0.2, 0) is 4.79 Å². The fourth-order valence-electron chi connectivity index (χ4n) is 1.16. The van der Waals surface area contributed by atoms with E-state index in [1.807, 2.05) is 26.0 Å². The lowest BCUT2D eigenvalue weighted by molar-refractivity contribution is -0.116. The smallest absolute Gasteiger partial charge is 0.270 e. The van der Waals surface area contributed by atoms with Crippen molar-refractivity contribution in [3.05, 3.63) is 23.4 Å². The number of nitrogens with zero attached hydrogens (tertiary/aromatic N) is 1. The average molecular weight is 178 g/mol. The summed E-state index contributed by atoms with van der Waals surface area (Å²) < 4.78 is 0. The standard InChI is InChI=1S/C10H14N2O/c1-3-5-6-11-9-8(4-2)7-12-10(9)13/h3,5-6H,4,7H2,1-2H3,(H,12,13)/b5-3-,11-6?. The van der Waals surface area contributed by atoms with Crippen LogP contribution in [0.3, 0.4) is 0 Å². The van der Waals surface area contributed by atoms with Gasteiger partial charge in [-0.25, -0.2) is 0 Å². The normalized spacial score (nSPS) is 17.8. The summed E-state index contributed by atoms with van der Waals surface area (Å²) in [6.07, 6.45) is 6.21. The Balaban J connectivity index is 2.79. The summed E-state index contributed by atoms with van der Waals surface area (Å²) in [4.78, 5) is 15.3. The fourth-order valence-corrected chi connectivity index (χ4v) is 1.16.